The van der Waals surface area contributed by atoms with Crippen molar-refractivity contribution in [3.8, 4) is 22.3 Å². The van der Waals surface area contributed by atoms with E-state index in [4.69, 9.17) is 9.47 Å². The number of benzene rings is 5. The molecule has 0 heterocycles. The molecule has 0 saturated heterocycles. The Kier molecular flexibility index (Phi) is 5.56. The molecule has 0 atom stereocenters. The molecule has 0 radical (unpaired) electrons. The first kappa shape index (κ1) is 21.4. The second-order valence-corrected chi connectivity index (χ2v) is 7.95. The summed E-state index contributed by atoms with van der Waals surface area (Å²) in [5.41, 5.74) is 4.37. The standard InChI is InChI=1S/C30H22O4/c1-33-29(31)25-17-23-24(18-26(25)30(32)34-2)28(20-13-7-4-8-14-20)22-16-10-9-15-21(22)27(23)19-11-5-3-6-12-19/h3-18H,1-2H3. The highest BCUT2D eigenvalue weighted by Crippen LogP contribution is 2.44. The summed E-state index contributed by atoms with van der Waals surface area (Å²) in [5, 5.41) is 3.83. The van der Waals surface area contributed by atoms with Crippen molar-refractivity contribution in [1.29, 1.82) is 0 Å². The molecule has 0 aliphatic rings. The van der Waals surface area contributed by atoms with Crippen LogP contribution in [0.3, 0.4) is 0 Å². The monoisotopic (exact) mass is 446 g/mol. The van der Waals surface area contributed by atoms with Gasteiger partial charge in [-0.25, -0.2) is 9.59 Å². The van der Waals surface area contributed by atoms with Crippen LogP contribution >= 0.6 is 0 Å². The maximum Gasteiger partial charge on any atom is 0.338 e. The molecule has 0 spiro atoms. The number of ether oxygens (including phenoxy) is 2. The third kappa shape index (κ3) is 3.50. The molecule has 0 amide bonds. The molecule has 0 aromatic heterocycles. The summed E-state index contributed by atoms with van der Waals surface area (Å²) in [6, 6.07) is 31.8. The average molecular weight is 447 g/mol. The highest BCUT2D eigenvalue weighted by molar-refractivity contribution is 6.23. The Bertz CT molecular complexity index is 1420. The predicted octanol–water partition coefficient (Wildman–Crippen LogP) is 6.90. The third-order valence-electron chi connectivity index (χ3n) is 6.10. The van der Waals surface area contributed by atoms with Crippen molar-refractivity contribution < 1.29 is 19.1 Å². The zero-order valence-corrected chi connectivity index (χ0v) is 18.9. The van der Waals surface area contributed by atoms with Gasteiger partial charge in [-0.3, -0.25) is 0 Å². The van der Waals surface area contributed by atoms with Gasteiger partial charge in [-0.15, -0.1) is 0 Å². The first-order valence-electron chi connectivity index (χ1n) is 10.9. The molecular formula is C30H22O4. The molecule has 166 valence electrons. The Labute approximate surface area is 197 Å². The SMILES string of the molecule is COC(=O)c1cc2c(-c3ccccc3)c3ccccc3c(-c3ccccc3)c2cc1C(=O)OC. The summed E-state index contributed by atoms with van der Waals surface area (Å²) in [5.74, 6) is -1.17. The average Bonchev–Trinajstić information content (AvgIpc) is 2.91. The number of rotatable bonds is 4. The number of hydrogen-bond donors (Lipinski definition) is 0. The lowest BCUT2D eigenvalue weighted by molar-refractivity contribution is 0.0555. The van der Waals surface area contributed by atoms with E-state index in [1.165, 1.54) is 14.2 Å². The Hall–Kier alpha value is -4.44. The fourth-order valence-corrected chi connectivity index (χ4v) is 4.61. The van der Waals surface area contributed by atoms with E-state index in [0.29, 0.717) is 0 Å². The molecule has 0 unspecified atom stereocenters. The van der Waals surface area contributed by atoms with Crippen LogP contribution < -0.4 is 0 Å². The summed E-state index contributed by atoms with van der Waals surface area (Å²) in [4.78, 5) is 25.5. The molecule has 0 aliphatic heterocycles. The van der Waals surface area contributed by atoms with Gasteiger partial charge in [0, 0.05) is 0 Å². The van der Waals surface area contributed by atoms with Gasteiger partial charge in [-0.05, 0) is 55.9 Å². The van der Waals surface area contributed by atoms with E-state index in [9.17, 15) is 9.59 Å². The van der Waals surface area contributed by atoms with Crippen LogP contribution in [0.25, 0.3) is 43.8 Å². The van der Waals surface area contributed by atoms with Crippen molar-refractivity contribution in [2.75, 3.05) is 14.2 Å². The van der Waals surface area contributed by atoms with Crippen LogP contribution in [0.4, 0.5) is 0 Å². The van der Waals surface area contributed by atoms with Gasteiger partial charge < -0.3 is 9.47 Å². The maximum absolute atomic E-state index is 12.7. The fraction of sp³-hybridized carbons (Fsp3) is 0.0667. The number of hydrogen-bond acceptors (Lipinski definition) is 4. The summed E-state index contributed by atoms with van der Waals surface area (Å²) in [7, 11) is 2.61. The first-order chi connectivity index (χ1) is 16.6. The number of methoxy groups -OCH3 is 2. The largest absolute Gasteiger partial charge is 0.465 e. The number of carbonyl (C=O) groups is 2. The van der Waals surface area contributed by atoms with Gasteiger partial charge in [-0.1, -0.05) is 84.9 Å². The second-order valence-electron chi connectivity index (χ2n) is 7.95. The van der Waals surface area contributed by atoms with Crippen LogP contribution in [0.5, 0.6) is 0 Å². The number of esters is 2. The van der Waals surface area contributed by atoms with Gasteiger partial charge in [-0.2, -0.15) is 0 Å². The lowest BCUT2D eigenvalue weighted by Crippen LogP contribution is -2.12. The fourth-order valence-electron chi connectivity index (χ4n) is 4.61. The molecule has 4 nitrogen and oxygen atoms in total. The van der Waals surface area contributed by atoms with Crippen LogP contribution in [0.2, 0.25) is 0 Å². The highest BCUT2D eigenvalue weighted by Gasteiger charge is 2.24. The molecule has 5 aromatic rings. The highest BCUT2D eigenvalue weighted by atomic mass is 16.5. The molecule has 0 N–H and O–H groups in total. The molecule has 0 saturated carbocycles. The van der Waals surface area contributed by atoms with Gasteiger partial charge in [0.25, 0.3) is 0 Å². The molecule has 0 aliphatic carbocycles. The summed E-state index contributed by atoms with van der Waals surface area (Å²) in [6.07, 6.45) is 0. The van der Waals surface area contributed by atoms with Crippen molar-refractivity contribution in [3.05, 3.63) is 108 Å². The Morgan fingerprint density at radius 2 is 0.853 bits per heavy atom. The van der Waals surface area contributed by atoms with Gasteiger partial charge >= 0.3 is 11.9 Å². The van der Waals surface area contributed by atoms with Gasteiger partial charge in [0.1, 0.15) is 0 Å². The molecular weight excluding hydrogens is 424 g/mol. The minimum atomic E-state index is -0.587. The van der Waals surface area contributed by atoms with Crippen LogP contribution in [0, 0.1) is 0 Å². The number of carbonyl (C=O) groups excluding carboxylic acids is 2. The zero-order valence-electron chi connectivity index (χ0n) is 18.9. The van der Waals surface area contributed by atoms with E-state index in [1.54, 1.807) is 12.1 Å². The van der Waals surface area contributed by atoms with E-state index in [-0.39, 0.29) is 11.1 Å². The Morgan fingerprint density at radius 1 is 0.500 bits per heavy atom. The van der Waals surface area contributed by atoms with Crippen LogP contribution in [-0.4, -0.2) is 26.2 Å². The van der Waals surface area contributed by atoms with E-state index in [2.05, 4.69) is 36.4 Å². The molecule has 4 heteroatoms. The van der Waals surface area contributed by atoms with Crippen LogP contribution in [-0.2, 0) is 9.47 Å². The molecule has 0 fully saturated rings. The molecule has 5 rings (SSSR count). The van der Waals surface area contributed by atoms with Crippen molar-refractivity contribution in [2.45, 2.75) is 0 Å². The molecule has 34 heavy (non-hydrogen) atoms. The van der Waals surface area contributed by atoms with Crippen molar-refractivity contribution in [3.63, 3.8) is 0 Å². The summed E-state index contributed by atoms with van der Waals surface area (Å²) < 4.78 is 10.0. The van der Waals surface area contributed by atoms with Gasteiger partial charge in [0.15, 0.2) is 0 Å². The predicted molar refractivity (Wildman–Crippen MR) is 135 cm³/mol. The van der Waals surface area contributed by atoms with E-state index in [1.807, 2.05) is 48.5 Å². The van der Waals surface area contributed by atoms with Crippen LogP contribution in [0.1, 0.15) is 20.7 Å². The zero-order chi connectivity index (χ0) is 23.7. The topological polar surface area (TPSA) is 52.6 Å². The van der Waals surface area contributed by atoms with Crippen LogP contribution in [0.15, 0.2) is 97.1 Å². The van der Waals surface area contributed by atoms with Gasteiger partial charge in [0.05, 0.1) is 25.3 Å². The van der Waals surface area contributed by atoms with Crippen molar-refractivity contribution >= 4 is 33.5 Å². The summed E-state index contributed by atoms with van der Waals surface area (Å²) >= 11 is 0. The smallest absolute Gasteiger partial charge is 0.338 e. The third-order valence-corrected chi connectivity index (χ3v) is 6.10. The number of fused-ring (bicyclic) bond motifs is 2. The molecule has 5 aromatic carbocycles. The Morgan fingerprint density at radius 3 is 1.21 bits per heavy atom. The van der Waals surface area contributed by atoms with E-state index in [0.717, 1.165) is 43.8 Å². The lowest BCUT2D eigenvalue weighted by atomic mass is 9.84. The Balaban J connectivity index is 2.05. The van der Waals surface area contributed by atoms with E-state index >= 15 is 0 Å². The maximum atomic E-state index is 12.7. The van der Waals surface area contributed by atoms with Crippen molar-refractivity contribution in [2.24, 2.45) is 0 Å². The van der Waals surface area contributed by atoms with E-state index < -0.39 is 11.9 Å². The minimum absolute atomic E-state index is 0.174. The van der Waals surface area contributed by atoms with Gasteiger partial charge in [0.2, 0.25) is 0 Å². The molecule has 0 bridgehead atoms. The quantitative estimate of drug-likeness (QED) is 0.223. The van der Waals surface area contributed by atoms with Crippen molar-refractivity contribution in [1.82, 2.24) is 0 Å². The second kappa shape index (κ2) is 8.83. The minimum Gasteiger partial charge on any atom is -0.465 e. The lowest BCUT2D eigenvalue weighted by Gasteiger charge is -2.19. The normalized spacial score (nSPS) is 10.9. The first-order valence-corrected chi connectivity index (χ1v) is 10.9. The summed E-state index contributed by atoms with van der Waals surface area (Å²) in [6.45, 7) is 0.